The number of hydrogen-bond acceptors (Lipinski definition) is 12. The first-order valence-electron chi connectivity index (χ1n) is 24.0. The van der Waals surface area contributed by atoms with Crippen molar-refractivity contribution in [3.05, 3.63) is 88.2 Å². The number of rotatable bonds is 12. The summed E-state index contributed by atoms with van der Waals surface area (Å²) in [6, 6.07) is 12.3. The zero-order valence-electron chi connectivity index (χ0n) is 42.7. The molecule has 0 bridgehead atoms. The second kappa shape index (κ2) is 24.4. The summed E-state index contributed by atoms with van der Waals surface area (Å²) in [6.07, 6.45) is 0.726. The Hall–Kier alpha value is -5.60. The lowest BCUT2D eigenvalue weighted by atomic mass is 10.00. The molecule has 4 aromatic rings. The van der Waals surface area contributed by atoms with Gasteiger partial charge in [0.1, 0.15) is 33.9 Å². The molecule has 3 atom stereocenters. The lowest BCUT2D eigenvalue weighted by Gasteiger charge is -2.32. The summed E-state index contributed by atoms with van der Waals surface area (Å²) in [7, 11) is 1.36. The Morgan fingerprint density at radius 2 is 1.53 bits per heavy atom. The van der Waals surface area contributed by atoms with E-state index in [1.807, 2.05) is 24.3 Å². The number of benzene rings is 2. The van der Waals surface area contributed by atoms with Gasteiger partial charge in [-0.15, -0.1) is 0 Å². The summed E-state index contributed by atoms with van der Waals surface area (Å²) in [6.45, 7) is 14.3. The number of ether oxygens (including phenoxy) is 3. The van der Waals surface area contributed by atoms with Gasteiger partial charge in [0.2, 0.25) is 17.7 Å². The first-order chi connectivity index (χ1) is 33.6. The van der Waals surface area contributed by atoms with Crippen molar-refractivity contribution < 1.29 is 51.8 Å². The Balaban J connectivity index is 1.58. The van der Waals surface area contributed by atoms with Gasteiger partial charge >= 0.3 is 18.2 Å². The third kappa shape index (κ3) is 17.3. The van der Waals surface area contributed by atoms with Gasteiger partial charge in [-0.3, -0.25) is 23.7 Å². The highest BCUT2D eigenvalue weighted by Crippen LogP contribution is 2.35. The van der Waals surface area contributed by atoms with Crippen molar-refractivity contribution in [2.75, 3.05) is 13.6 Å². The fourth-order valence-corrected chi connectivity index (χ4v) is 9.48. The van der Waals surface area contributed by atoms with E-state index in [2.05, 4.69) is 42.2 Å². The van der Waals surface area contributed by atoms with Crippen molar-refractivity contribution in [1.82, 2.24) is 35.7 Å². The van der Waals surface area contributed by atoms with Gasteiger partial charge in [-0.05, 0) is 123 Å². The fourth-order valence-electron chi connectivity index (χ4n) is 7.80. The summed E-state index contributed by atoms with van der Waals surface area (Å²) in [5, 5.41) is 12.4. The van der Waals surface area contributed by atoms with Crippen molar-refractivity contribution in [2.24, 2.45) is 0 Å². The van der Waals surface area contributed by atoms with Crippen molar-refractivity contribution in [3.8, 4) is 0 Å². The molecule has 392 valence electrons. The smallest absolute Gasteiger partial charge is 0.419 e. The predicted octanol–water partition coefficient (Wildman–Crippen LogP) is 9.22. The second-order valence-corrected chi connectivity index (χ2v) is 22.7. The minimum atomic E-state index is -3.58. The number of halogens is 3. The van der Waals surface area contributed by atoms with Crippen LogP contribution in [0.25, 0.3) is 10.9 Å². The van der Waals surface area contributed by atoms with E-state index >= 15 is 13.6 Å². The number of esters is 1. The highest BCUT2D eigenvalue weighted by Gasteiger charge is 2.38. The van der Waals surface area contributed by atoms with E-state index in [4.69, 9.17) is 14.2 Å². The number of pyridine rings is 1. The average molecular weight is 1090 g/mol. The largest absolute Gasteiger partial charge is 0.460 e. The number of amides is 4. The van der Waals surface area contributed by atoms with Crippen LogP contribution in [0.2, 0.25) is 0 Å². The molecule has 0 saturated carbocycles. The number of nitrogens with one attached hydrogen (secondary N) is 4. The monoisotopic (exact) mass is 1080 g/mol. The third-order valence-electron chi connectivity index (χ3n) is 11.2. The Labute approximate surface area is 432 Å². The van der Waals surface area contributed by atoms with Crippen LogP contribution in [-0.2, 0) is 52.9 Å². The molecule has 0 saturated heterocycles. The number of carbonyl (C=O) groups is 6. The molecule has 0 aliphatic carbocycles. The average Bonchev–Trinajstić information content (AvgIpc) is 3.65. The van der Waals surface area contributed by atoms with Crippen LogP contribution < -0.4 is 21.3 Å². The first-order valence-corrected chi connectivity index (χ1v) is 25.6. The highest BCUT2D eigenvalue weighted by molar-refractivity contribution is 9.10. The molecule has 4 N–H and O–H groups in total. The predicted molar refractivity (Wildman–Crippen MR) is 273 cm³/mol. The van der Waals surface area contributed by atoms with Gasteiger partial charge in [0.05, 0.1) is 18.1 Å². The van der Waals surface area contributed by atoms with E-state index in [1.165, 1.54) is 23.4 Å². The van der Waals surface area contributed by atoms with Crippen LogP contribution in [0.1, 0.15) is 118 Å². The summed E-state index contributed by atoms with van der Waals surface area (Å²) in [4.78, 5) is 89.7. The Bertz CT molecular complexity index is 2590. The van der Waals surface area contributed by atoms with E-state index in [1.54, 1.807) is 105 Å². The number of carbonyl (C=O) groups excluding carboxylic acids is 6. The molecule has 0 fully saturated rings. The number of fused-ring (bicyclic) bond motifs is 3. The molecule has 3 heterocycles. The third-order valence-corrected chi connectivity index (χ3v) is 13.1. The molecular weight excluding hydrogens is 1020 g/mol. The SMILES string of the molecule is CN1C(=O)[C@H](CCC(F)(F)CNC(=O)OC(C)(C)C)NC(=O)[C@H](CCCCC(=O)OC(C)(C)C)NCc2cccnc2Sc2cccc(Br)c2CNC(=O)[C@@H]1Cc1cn(C(=O)OC(C)(C)C)c2ccccc12. The van der Waals surface area contributed by atoms with Gasteiger partial charge in [-0.1, -0.05) is 64.4 Å². The van der Waals surface area contributed by atoms with Crippen LogP contribution in [0.5, 0.6) is 0 Å². The van der Waals surface area contributed by atoms with Gasteiger partial charge in [-0.25, -0.2) is 23.4 Å². The number of hydrogen-bond donors (Lipinski definition) is 4. The summed E-state index contributed by atoms with van der Waals surface area (Å²) in [5.74, 6) is -6.14. The molecule has 4 amide bonds. The maximum Gasteiger partial charge on any atom is 0.419 e. The molecule has 0 unspecified atom stereocenters. The zero-order valence-corrected chi connectivity index (χ0v) is 45.1. The second-order valence-electron chi connectivity index (χ2n) is 20.8. The van der Waals surface area contributed by atoms with Crippen LogP contribution in [0.15, 0.2) is 81.4 Å². The molecule has 1 aliphatic rings. The Kier molecular flexibility index (Phi) is 19.4. The maximum atomic E-state index is 15.8. The van der Waals surface area contributed by atoms with Crippen LogP contribution in [-0.4, -0.2) is 105 Å². The Morgan fingerprint density at radius 3 is 2.22 bits per heavy atom. The number of nitrogens with zero attached hydrogens (tertiary/aromatic N) is 3. The summed E-state index contributed by atoms with van der Waals surface area (Å²) >= 11 is 5.02. The molecule has 2 aromatic carbocycles. The number of alkyl halides is 2. The minimum Gasteiger partial charge on any atom is -0.460 e. The molecular formula is C52H68BrF2N7O9S. The van der Waals surface area contributed by atoms with Crippen molar-refractivity contribution in [3.63, 3.8) is 0 Å². The van der Waals surface area contributed by atoms with Gasteiger partial charge in [0, 0.05) is 66.5 Å². The topological polar surface area (TPSA) is 199 Å². The first kappa shape index (κ1) is 57.3. The maximum absolute atomic E-state index is 15.8. The lowest BCUT2D eigenvalue weighted by molar-refractivity contribution is -0.155. The Morgan fingerprint density at radius 1 is 0.833 bits per heavy atom. The van der Waals surface area contributed by atoms with E-state index in [9.17, 15) is 24.0 Å². The standard InChI is InChI=1S/C52H68BrF2N7O9S/c1-49(2,3)69-42(63)23-14-12-20-37-43(64)60-38(24-25-52(54,55)31-59-47(67)70-50(4,5)6)46(66)61(10)40(27-33-30-62(48(68)71-51(7,8)9)39-21-13-11-18-34(33)39)44(65)58-29-35-36(53)19-15-22-41(35)72-45-32(28-57-37)17-16-26-56-45/h11,13,15-19,21-22,26,30,37-38,40,57H,12,14,20,23-25,27-29,31H2,1-10H3,(H,58,65)(H,59,67)(H,60,64)/t37-,38-,40-/m0/s1. The summed E-state index contributed by atoms with van der Waals surface area (Å²) < 4.78 is 49.9. The fraction of sp³-hybridized carbons (Fsp3) is 0.519. The van der Waals surface area contributed by atoms with Gasteiger partial charge < -0.3 is 40.4 Å². The van der Waals surface area contributed by atoms with Gasteiger partial charge in [0.25, 0.3) is 5.92 Å². The molecule has 0 radical (unpaired) electrons. The van der Waals surface area contributed by atoms with E-state index in [0.29, 0.717) is 44.4 Å². The number of para-hydroxylation sites is 1. The number of alkyl carbamates (subject to hydrolysis) is 1. The number of aromatic nitrogens is 2. The summed E-state index contributed by atoms with van der Waals surface area (Å²) in [5.41, 5.74) is -0.0583. The molecule has 0 spiro atoms. The molecule has 1 aliphatic heterocycles. The van der Waals surface area contributed by atoms with E-state index < -0.39 is 96.1 Å². The van der Waals surface area contributed by atoms with Crippen molar-refractivity contribution in [1.29, 1.82) is 0 Å². The zero-order chi connectivity index (χ0) is 53.2. The van der Waals surface area contributed by atoms with Crippen LogP contribution >= 0.6 is 27.7 Å². The normalized spacial score (nSPS) is 17.8. The highest BCUT2D eigenvalue weighted by atomic mass is 79.9. The van der Waals surface area contributed by atoms with Crippen LogP contribution in [0, 0.1) is 0 Å². The minimum absolute atomic E-state index is 0.0103. The van der Waals surface area contributed by atoms with E-state index in [-0.39, 0.29) is 32.4 Å². The van der Waals surface area contributed by atoms with Crippen LogP contribution in [0.3, 0.4) is 0 Å². The van der Waals surface area contributed by atoms with Crippen LogP contribution in [0.4, 0.5) is 18.4 Å². The lowest BCUT2D eigenvalue weighted by Crippen LogP contribution is -2.57. The van der Waals surface area contributed by atoms with Gasteiger partial charge in [0.15, 0.2) is 0 Å². The molecule has 16 nitrogen and oxygen atoms in total. The molecule has 2 aromatic heterocycles. The van der Waals surface area contributed by atoms with E-state index in [0.717, 1.165) is 15.4 Å². The number of likely N-dealkylation sites (N-methyl/N-ethyl adjacent to an activating group) is 1. The van der Waals surface area contributed by atoms with Crippen molar-refractivity contribution >= 4 is 74.5 Å². The van der Waals surface area contributed by atoms with Gasteiger partial charge in [-0.2, -0.15) is 0 Å². The number of unbranched alkanes of at least 4 members (excludes halogenated alkanes) is 1. The molecule has 5 rings (SSSR count). The quantitative estimate of drug-likeness (QED) is 0.0597. The molecule has 20 heteroatoms. The molecule has 72 heavy (non-hydrogen) atoms. The van der Waals surface area contributed by atoms with Crippen molar-refractivity contribution in [2.45, 2.75) is 171 Å².